The zero-order valence-corrected chi connectivity index (χ0v) is 15.5. The Balaban J connectivity index is 1.36. The fourth-order valence-electron chi connectivity index (χ4n) is 4.15. The van der Waals surface area contributed by atoms with E-state index in [9.17, 15) is 4.39 Å². The molecular formula is C22H27FN2O2. The van der Waals surface area contributed by atoms with Gasteiger partial charge in [-0.3, -0.25) is 0 Å². The Hall–Kier alpha value is -2.11. The second kappa shape index (κ2) is 8.72. The number of ether oxygens (including phenoxy) is 2. The Morgan fingerprint density at radius 2 is 2.04 bits per heavy atom. The van der Waals surface area contributed by atoms with Crippen LogP contribution in [-0.2, 0) is 11.3 Å². The third kappa shape index (κ3) is 4.79. The average Bonchev–Trinajstić information content (AvgIpc) is 3.17. The normalized spacial score (nSPS) is 25.3. The molecule has 3 atom stereocenters. The fourth-order valence-corrected chi connectivity index (χ4v) is 4.15. The van der Waals surface area contributed by atoms with Gasteiger partial charge in [0.2, 0.25) is 0 Å². The number of halogens is 1. The number of anilines is 1. The van der Waals surface area contributed by atoms with Crippen LogP contribution in [0.4, 0.5) is 10.1 Å². The predicted octanol–water partition coefficient (Wildman–Crippen LogP) is 3.97. The number of morpholine rings is 1. The van der Waals surface area contributed by atoms with Crippen molar-refractivity contribution in [1.82, 2.24) is 5.32 Å². The summed E-state index contributed by atoms with van der Waals surface area (Å²) >= 11 is 0. The lowest BCUT2D eigenvalue weighted by Crippen LogP contribution is -2.49. The minimum absolute atomic E-state index is 0.228. The summed E-state index contributed by atoms with van der Waals surface area (Å²) in [5.41, 5.74) is 2.04. The highest BCUT2D eigenvalue weighted by Crippen LogP contribution is 2.32. The maximum absolute atomic E-state index is 13.0. The molecule has 1 saturated heterocycles. The third-order valence-corrected chi connectivity index (χ3v) is 5.54. The lowest BCUT2D eigenvalue weighted by molar-refractivity contribution is 0.0559. The van der Waals surface area contributed by atoms with Crippen LogP contribution in [0.5, 0.6) is 5.75 Å². The van der Waals surface area contributed by atoms with Crippen LogP contribution in [0, 0.1) is 11.7 Å². The predicted molar refractivity (Wildman–Crippen MR) is 105 cm³/mol. The summed E-state index contributed by atoms with van der Waals surface area (Å²) in [5.74, 6) is 1.18. The van der Waals surface area contributed by atoms with Gasteiger partial charge in [0.15, 0.2) is 0 Å². The van der Waals surface area contributed by atoms with E-state index in [1.54, 1.807) is 12.1 Å². The molecule has 2 aliphatic rings. The smallest absolute Gasteiger partial charge is 0.123 e. The molecular weight excluding hydrogens is 343 g/mol. The molecule has 2 aromatic carbocycles. The van der Waals surface area contributed by atoms with E-state index < -0.39 is 0 Å². The fraction of sp³-hybridized carbons (Fsp3) is 0.455. The lowest BCUT2D eigenvalue weighted by atomic mass is 9.94. The van der Waals surface area contributed by atoms with Gasteiger partial charge < -0.3 is 20.1 Å². The van der Waals surface area contributed by atoms with Crippen LogP contribution in [0.2, 0.25) is 0 Å². The zero-order valence-electron chi connectivity index (χ0n) is 15.5. The molecule has 0 aromatic heterocycles. The maximum Gasteiger partial charge on any atom is 0.123 e. The number of benzene rings is 2. The van der Waals surface area contributed by atoms with Crippen molar-refractivity contribution in [2.45, 2.75) is 38.0 Å². The van der Waals surface area contributed by atoms with Crippen LogP contribution in [0.15, 0.2) is 48.5 Å². The van der Waals surface area contributed by atoms with Gasteiger partial charge in [0.1, 0.15) is 18.2 Å². The van der Waals surface area contributed by atoms with E-state index in [4.69, 9.17) is 9.47 Å². The Kier molecular flexibility index (Phi) is 5.90. The van der Waals surface area contributed by atoms with Gasteiger partial charge in [-0.1, -0.05) is 24.6 Å². The van der Waals surface area contributed by atoms with Crippen LogP contribution >= 0.6 is 0 Å². The maximum atomic E-state index is 13.0. The van der Waals surface area contributed by atoms with Crippen molar-refractivity contribution >= 4 is 5.69 Å². The van der Waals surface area contributed by atoms with E-state index >= 15 is 0 Å². The average molecular weight is 370 g/mol. The van der Waals surface area contributed by atoms with E-state index in [-0.39, 0.29) is 5.82 Å². The SMILES string of the molecule is Fc1ccc(COc2cccc(NC3CCCC3C3COCCN3)c2)cc1. The van der Waals surface area contributed by atoms with E-state index in [1.165, 1.54) is 31.4 Å². The molecule has 1 aliphatic heterocycles. The Morgan fingerprint density at radius 1 is 1.15 bits per heavy atom. The molecule has 1 saturated carbocycles. The topological polar surface area (TPSA) is 42.5 Å². The van der Waals surface area contributed by atoms with Crippen molar-refractivity contribution in [2.24, 2.45) is 5.92 Å². The summed E-state index contributed by atoms with van der Waals surface area (Å²) in [6, 6.07) is 15.4. The molecule has 2 fully saturated rings. The first-order valence-electron chi connectivity index (χ1n) is 9.83. The summed E-state index contributed by atoms with van der Waals surface area (Å²) in [6.07, 6.45) is 3.67. The standard InChI is InChI=1S/C22H27FN2O2/c23-17-9-7-16(8-10-17)14-27-19-4-1-3-18(13-19)25-21-6-2-5-20(21)22-15-26-12-11-24-22/h1,3-4,7-10,13,20-22,24-25H,2,5-6,11-12,14-15H2. The molecule has 4 rings (SSSR count). The molecule has 144 valence electrons. The van der Waals surface area contributed by atoms with E-state index in [1.807, 2.05) is 18.2 Å². The van der Waals surface area contributed by atoms with Gasteiger partial charge in [0.05, 0.1) is 13.2 Å². The number of hydrogen-bond donors (Lipinski definition) is 2. The zero-order chi connectivity index (χ0) is 18.5. The second-order valence-electron chi connectivity index (χ2n) is 7.42. The number of hydrogen-bond acceptors (Lipinski definition) is 4. The van der Waals surface area contributed by atoms with Gasteiger partial charge in [0.25, 0.3) is 0 Å². The van der Waals surface area contributed by atoms with E-state index in [0.29, 0.717) is 24.6 Å². The summed E-state index contributed by atoms with van der Waals surface area (Å²) in [5, 5.41) is 7.32. The molecule has 1 heterocycles. The largest absolute Gasteiger partial charge is 0.489 e. The van der Waals surface area contributed by atoms with E-state index in [2.05, 4.69) is 16.7 Å². The Morgan fingerprint density at radius 3 is 2.85 bits per heavy atom. The van der Waals surface area contributed by atoms with Gasteiger partial charge in [-0.25, -0.2) is 4.39 Å². The van der Waals surface area contributed by atoms with Gasteiger partial charge in [0, 0.05) is 30.4 Å². The minimum atomic E-state index is -0.228. The van der Waals surface area contributed by atoms with Crippen molar-refractivity contribution in [2.75, 3.05) is 25.1 Å². The molecule has 5 heteroatoms. The van der Waals surface area contributed by atoms with Crippen molar-refractivity contribution in [3.05, 3.63) is 59.9 Å². The van der Waals surface area contributed by atoms with Gasteiger partial charge in [-0.2, -0.15) is 0 Å². The van der Waals surface area contributed by atoms with Crippen LogP contribution in [-0.4, -0.2) is 31.8 Å². The molecule has 0 bridgehead atoms. The molecule has 2 N–H and O–H groups in total. The molecule has 4 nitrogen and oxygen atoms in total. The van der Waals surface area contributed by atoms with Gasteiger partial charge in [-0.15, -0.1) is 0 Å². The van der Waals surface area contributed by atoms with Crippen molar-refractivity contribution in [3.8, 4) is 5.75 Å². The number of rotatable bonds is 6. The summed E-state index contributed by atoms with van der Waals surface area (Å²) in [7, 11) is 0. The van der Waals surface area contributed by atoms with Crippen molar-refractivity contribution < 1.29 is 13.9 Å². The van der Waals surface area contributed by atoms with E-state index in [0.717, 1.165) is 36.8 Å². The lowest BCUT2D eigenvalue weighted by Gasteiger charge is -2.33. The first-order chi connectivity index (χ1) is 13.3. The van der Waals surface area contributed by atoms with Gasteiger partial charge in [-0.05, 0) is 48.6 Å². The highest BCUT2D eigenvalue weighted by Gasteiger charge is 2.34. The Bertz CT molecular complexity index is 731. The van der Waals surface area contributed by atoms with Gasteiger partial charge >= 0.3 is 0 Å². The third-order valence-electron chi connectivity index (χ3n) is 5.54. The molecule has 0 amide bonds. The van der Waals surface area contributed by atoms with Crippen LogP contribution in [0.3, 0.4) is 0 Å². The van der Waals surface area contributed by atoms with Crippen LogP contribution < -0.4 is 15.4 Å². The molecule has 0 radical (unpaired) electrons. The molecule has 0 spiro atoms. The first-order valence-corrected chi connectivity index (χ1v) is 9.83. The monoisotopic (exact) mass is 370 g/mol. The first kappa shape index (κ1) is 18.3. The molecule has 1 aliphatic carbocycles. The second-order valence-corrected chi connectivity index (χ2v) is 7.42. The summed E-state index contributed by atoms with van der Waals surface area (Å²) < 4.78 is 24.5. The minimum Gasteiger partial charge on any atom is -0.489 e. The molecule has 27 heavy (non-hydrogen) atoms. The highest BCUT2D eigenvalue weighted by atomic mass is 19.1. The highest BCUT2D eigenvalue weighted by molar-refractivity contribution is 5.49. The number of nitrogens with one attached hydrogen (secondary N) is 2. The Labute approximate surface area is 160 Å². The summed E-state index contributed by atoms with van der Waals surface area (Å²) in [4.78, 5) is 0. The van der Waals surface area contributed by atoms with Crippen molar-refractivity contribution in [1.29, 1.82) is 0 Å². The quantitative estimate of drug-likeness (QED) is 0.807. The van der Waals surface area contributed by atoms with Crippen molar-refractivity contribution in [3.63, 3.8) is 0 Å². The summed E-state index contributed by atoms with van der Waals surface area (Å²) in [6.45, 7) is 3.00. The van der Waals surface area contributed by atoms with Crippen LogP contribution in [0.25, 0.3) is 0 Å². The van der Waals surface area contributed by atoms with Crippen LogP contribution in [0.1, 0.15) is 24.8 Å². The molecule has 2 aromatic rings. The molecule has 3 unspecified atom stereocenters.